The summed E-state index contributed by atoms with van der Waals surface area (Å²) < 4.78 is 0. The lowest BCUT2D eigenvalue weighted by Crippen LogP contribution is -2.22. The lowest BCUT2D eigenvalue weighted by molar-refractivity contribution is 0.326. The molecule has 1 fully saturated rings. The van der Waals surface area contributed by atoms with E-state index in [-0.39, 0.29) is 0 Å². The maximum atomic E-state index is 5.69. The molecule has 0 N–H and O–H groups in total. The molecule has 41 valence electrons. The molecule has 0 unspecified atom stereocenters. The highest BCUT2D eigenvalue weighted by molar-refractivity contribution is 6.21. The molecule has 0 spiro atoms. The summed E-state index contributed by atoms with van der Waals surface area (Å²) in [5, 5.41) is 0.478. The number of rotatable bonds is 1. The maximum absolute atomic E-state index is 5.69. The topological polar surface area (TPSA) is 0 Å². The predicted octanol–water partition coefficient (Wildman–Crippen LogP) is 2.23. The van der Waals surface area contributed by atoms with Gasteiger partial charge in [-0.2, -0.15) is 0 Å². The van der Waals surface area contributed by atoms with Gasteiger partial charge >= 0.3 is 0 Å². The lowest BCUT2D eigenvalue weighted by Gasteiger charge is -2.29. The largest absolute Gasteiger partial charge is 0.123 e. The van der Waals surface area contributed by atoms with Crippen molar-refractivity contribution < 1.29 is 0 Å². The highest BCUT2D eigenvalue weighted by Crippen LogP contribution is 2.33. The molecule has 1 rings (SSSR count). The first-order chi connectivity index (χ1) is 3.33. The van der Waals surface area contributed by atoms with Crippen molar-refractivity contribution in [1.29, 1.82) is 0 Å². The Morgan fingerprint density at radius 3 is 2.29 bits per heavy atom. The molecule has 1 aliphatic rings. The second kappa shape index (κ2) is 2.04. The molecule has 7 heavy (non-hydrogen) atoms. The molecule has 0 aromatic rings. The molecule has 1 radical (unpaired) electrons. The van der Waals surface area contributed by atoms with E-state index in [0.717, 1.165) is 12.3 Å². The predicted molar refractivity (Wildman–Crippen MR) is 32.3 cm³/mol. The maximum Gasteiger partial charge on any atom is 0.0341 e. The Morgan fingerprint density at radius 2 is 2.14 bits per heavy atom. The summed E-state index contributed by atoms with van der Waals surface area (Å²) in [6, 6.07) is 0. The van der Waals surface area contributed by atoms with Crippen molar-refractivity contribution in [1.82, 2.24) is 0 Å². The summed E-state index contributed by atoms with van der Waals surface area (Å²) >= 11 is 5.69. The minimum atomic E-state index is 0.478. The molecule has 0 heterocycles. The Kier molecular flexibility index (Phi) is 1.58. The van der Waals surface area contributed by atoms with E-state index in [2.05, 4.69) is 6.92 Å². The van der Waals surface area contributed by atoms with Crippen molar-refractivity contribution in [3.05, 3.63) is 6.92 Å². The first-order valence-electron chi connectivity index (χ1n) is 2.76. The minimum absolute atomic E-state index is 0.478. The Balaban J connectivity index is 2.06. The van der Waals surface area contributed by atoms with Crippen LogP contribution in [0.25, 0.3) is 0 Å². The van der Waals surface area contributed by atoms with Gasteiger partial charge < -0.3 is 0 Å². The summed E-state index contributed by atoms with van der Waals surface area (Å²) in [7, 11) is 0. The zero-order chi connectivity index (χ0) is 5.28. The van der Waals surface area contributed by atoms with Crippen LogP contribution < -0.4 is 0 Å². The van der Waals surface area contributed by atoms with Gasteiger partial charge in [0.05, 0.1) is 0 Å². The van der Waals surface area contributed by atoms with Crippen molar-refractivity contribution in [2.45, 2.75) is 24.6 Å². The monoisotopic (exact) mass is 117 g/mol. The molecule has 0 bridgehead atoms. The highest BCUT2D eigenvalue weighted by atomic mass is 35.5. The van der Waals surface area contributed by atoms with Crippen LogP contribution >= 0.6 is 11.6 Å². The van der Waals surface area contributed by atoms with Crippen LogP contribution in [0.4, 0.5) is 0 Å². The minimum Gasteiger partial charge on any atom is -0.123 e. The van der Waals surface area contributed by atoms with Crippen molar-refractivity contribution in [2.75, 3.05) is 0 Å². The molecule has 0 atom stereocenters. The molecule has 0 saturated heterocycles. The van der Waals surface area contributed by atoms with Crippen LogP contribution in [-0.4, -0.2) is 5.38 Å². The smallest absolute Gasteiger partial charge is 0.0341 e. The van der Waals surface area contributed by atoms with E-state index in [4.69, 9.17) is 11.6 Å². The molecule has 1 aliphatic carbocycles. The average molecular weight is 118 g/mol. The lowest BCUT2D eigenvalue weighted by atomic mass is 9.83. The van der Waals surface area contributed by atoms with E-state index >= 15 is 0 Å². The van der Waals surface area contributed by atoms with Gasteiger partial charge in [0.2, 0.25) is 0 Å². The van der Waals surface area contributed by atoms with Gasteiger partial charge in [-0.05, 0) is 18.8 Å². The normalized spacial score (nSPS) is 40.3. The Bertz CT molecular complexity index is 55.2. The first-order valence-corrected chi connectivity index (χ1v) is 3.20. The van der Waals surface area contributed by atoms with Gasteiger partial charge in [-0.1, -0.05) is 13.3 Å². The third-order valence-corrected chi connectivity index (χ3v) is 1.94. The first kappa shape index (κ1) is 5.43. The fourth-order valence-electron chi connectivity index (χ4n) is 0.890. The Hall–Kier alpha value is 0.290. The Labute approximate surface area is 49.9 Å². The van der Waals surface area contributed by atoms with Crippen molar-refractivity contribution >= 4 is 11.6 Å². The van der Waals surface area contributed by atoms with Gasteiger partial charge in [-0.15, -0.1) is 11.6 Å². The zero-order valence-electron chi connectivity index (χ0n) is 4.36. The number of halogens is 1. The average Bonchev–Trinajstić information content (AvgIpc) is 1.58. The van der Waals surface area contributed by atoms with E-state index in [1.165, 1.54) is 12.8 Å². The summed E-state index contributed by atoms with van der Waals surface area (Å²) in [5.41, 5.74) is 0. The van der Waals surface area contributed by atoms with Gasteiger partial charge in [-0.25, -0.2) is 0 Å². The molecule has 0 aromatic carbocycles. The number of hydrogen-bond acceptors (Lipinski definition) is 0. The summed E-state index contributed by atoms with van der Waals surface area (Å²) in [6.07, 6.45) is 3.47. The molecule has 0 amide bonds. The fourth-order valence-corrected chi connectivity index (χ4v) is 1.39. The quantitative estimate of drug-likeness (QED) is 0.462. The van der Waals surface area contributed by atoms with E-state index in [0.29, 0.717) is 5.38 Å². The molecule has 1 saturated carbocycles. The van der Waals surface area contributed by atoms with E-state index in [1.807, 2.05) is 0 Å². The van der Waals surface area contributed by atoms with Crippen LogP contribution in [0.1, 0.15) is 19.3 Å². The fraction of sp³-hybridized carbons (Fsp3) is 0.833. The summed E-state index contributed by atoms with van der Waals surface area (Å²) in [6.45, 7) is 3.78. The van der Waals surface area contributed by atoms with Crippen molar-refractivity contribution in [3.63, 3.8) is 0 Å². The third-order valence-electron chi connectivity index (χ3n) is 1.59. The zero-order valence-corrected chi connectivity index (χ0v) is 5.12. The SMILES string of the molecule is [CH2]CC1CC(Cl)C1. The molecule has 0 aliphatic heterocycles. The van der Waals surface area contributed by atoms with Crippen molar-refractivity contribution in [3.8, 4) is 0 Å². The van der Waals surface area contributed by atoms with Crippen LogP contribution in [0, 0.1) is 12.8 Å². The van der Waals surface area contributed by atoms with Crippen LogP contribution in [0.5, 0.6) is 0 Å². The van der Waals surface area contributed by atoms with Gasteiger partial charge in [0.15, 0.2) is 0 Å². The Morgan fingerprint density at radius 1 is 1.57 bits per heavy atom. The van der Waals surface area contributed by atoms with E-state index < -0.39 is 0 Å². The van der Waals surface area contributed by atoms with Crippen LogP contribution in [-0.2, 0) is 0 Å². The van der Waals surface area contributed by atoms with Crippen LogP contribution in [0.3, 0.4) is 0 Å². The number of hydrogen-bond donors (Lipinski definition) is 0. The standard InChI is InChI=1S/C6H10Cl/c1-2-5-3-6(7)4-5/h5-6H,1-4H2. The molecule has 0 aromatic heterocycles. The van der Waals surface area contributed by atoms with Crippen molar-refractivity contribution in [2.24, 2.45) is 5.92 Å². The third kappa shape index (κ3) is 1.09. The summed E-state index contributed by atoms with van der Waals surface area (Å²) in [5.74, 6) is 0.850. The molecular formula is C6H10Cl. The second-order valence-electron chi connectivity index (χ2n) is 2.22. The molecule has 1 heteroatoms. The van der Waals surface area contributed by atoms with E-state index in [1.54, 1.807) is 0 Å². The molecule has 0 nitrogen and oxygen atoms in total. The highest BCUT2D eigenvalue weighted by Gasteiger charge is 2.24. The van der Waals surface area contributed by atoms with Gasteiger partial charge in [-0.3, -0.25) is 0 Å². The van der Waals surface area contributed by atoms with Crippen LogP contribution in [0.2, 0.25) is 0 Å². The summed E-state index contributed by atoms with van der Waals surface area (Å²) in [4.78, 5) is 0. The van der Waals surface area contributed by atoms with Gasteiger partial charge in [0.25, 0.3) is 0 Å². The van der Waals surface area contributed by atoms with E-state index in [9.17, 15) is 0 Å². The van der Waals surface area contributed by atoms with Gasteiger partial charge in [0, 0.05) is 5.38 Å². The molecular weight excluding hydrogens is 108 g/mol. The number of alkyl halides is 1. The second-order valence-corrected chi connectivity index (χ2v) is 2.84. The van der Waals surface area contributed by atoms with Crippen LogP contribution in [0.15, 0.2) is 0 Å². The van der Waals surface area contributed by atoms with Gasteiger partial charge in [0.1, 0.15) is 0 Å².